The van der Waals surface area contributed by atoms with E-state index in [0.29, 0.717) is 0 Å². The Labute approximate surface area is 85.6 Å². The first-order valence-electron chi connectivity index (χ1n) is 3.88. The second-order valence-electron chi connectivity index (χ2n) is 2.37. The first-order chi connectivity index (χ1) is 6.75. The van der Waals surface area contributed by atoms with E-state index in [0.717, 1.165) is 0 Å². The Morgan fingerprint density at radius 2 is 1.13 bits per heavy atom. The van der Waals surface area contributed by atoms with Crippen molar-refractivity contribution in [3.63, 3.8) is 0 Å². The monoisotopic (exact) mass is 220 g/mol. The number of carbonyl (C=O) groups is 4. The van der Waals surface area contributed by atoms with Gasteiger partial charge in [0, 0.05) is 13.8 Å². The molecule has 0 aliphatic rings. The molecule has 0 bridgehead atoms. The Hall–Kier alpha value is -1.92. The molecule has 0 rings (SSSR count). The van der Waals surface area contributed by atoms with E-state index in [1.165, 1.54) is 13.8 Å². The predicted octanol–water partition coefficient (Wildman–Crippen LogP) is 0.0318. The molecule has 0 aliphatic heterocycles. The van der Waals surface area contributed by atoms with Gasteiger partial charge in [0.2, 0.25) is 0 Å². The van der Waals surface area contributed by atoms with Crippen LogP contribution in [0.1, 0.15) is 26.7 Å². The molecule has 0 saturated heterocycles. The van der Waals surface area contributed by atoms with Crippen LogP contribution >= 0.6 is 0 Å². The van der Waals surface area contributed by atoms with Crippen molar-refractivity contribution in [1.29, 1.82) is 0 Å². The third-order valence-corrected chi connectivity index (χ3v) is 0.840. The summed E-state index contributed by atoms with van der Waals surface area (Å²) in [6.45, 7) is 2.36. The largest absolute Gasteiger partial charge is 0.481 e. The third kappa shape index (κ3) is 24.5. The molecular weight excluding hydrogens is 208 g/mol. The van der Waals surface area contributed by atoms with Crippen molar-refractivity contribution < 1.29 is 34.1 Å². The van der Waals surface area contributed by atoms with E-state index >= 15 is 0 Å². The van der Waals surface area contributed by atoms with Crippen LogP contribution in [0, 0.1) is 0 Å². The summed E-state index contributed by atoms with van der Waals surface area (Å²) in [5.41, 5.74) is 0. The van der Waals surface area contributed by atoms with E-state index in [9.17, 15) is 19.2 Å². The van der Waals surface area contributed by atoms with E-state index in [1.54, 1.807) is 0 Å². The van der Waals surface area contributed by atoms with Crippen LogP contribution in [-0.4, -0.2) is 34.1 Å². The fourth-order valence-corrected chi connectivity index (χ4v) is 0.416. The highest BCUT2D eigenvalue weighted by molar-refractivity contribution is 5.82. The summed E-state index contributed by atoms with van der Waals surface area (Å²) in [5.74, 6) is -3.28. The van der Waals surface area contributed by atoms with Crippen LogP contribution in [0.15, 0.2) is 0 Å². The number of carboxylic acids is 2. The zero-order valence-electron chi connectivity index (χ0n) is 8.35. The Morgan fingerprint density at radius 3 is 1.20 bits per heavy atom. The average Bonchev–Trinajstić information content (AvgIpc) is 1.99. The number of aliphatic carboxylic acids is 2. The van der Waals surface area contributed by atoms with E-state index in [2.05, 4.69) is 4.74 Å². The molecule has 7 heteroatoms. The van der Waals surface area contributed by atoms with Gasteiger partial charge < -0.3 is 14.9 Å². The van der Waals surface area contributed by atoms with E-state index in [1.807, 2.05) is 0 Å². The van der Waals surface area contributed by atoms with Crippen molar-refractivity contribution in [2.45, 2.75) is 26.7 Å². The quantitative estimate of drug-likeness (QED) is 0.508. The van der Waals surface area contributed by atoms with Gasteiger partial charge in [-0.05, 0) is 0 Å². The van der Waals surface area contributed by atoms with Crippen molar-refractivity contribution >= 4 is 23.9 Å². The highest BCUT2D eigenvalue weighted by Crippen LogP contribution is 1.86. The second kappa shape index (κ2) is 8.67. The molecule has 0 aromatic rings. The first kappa shape index (κ1) is 15.5. The zero-order chi connectivity index (χ0) is 12.4. The van der Waals surface area contributed by atoms with Gasteiger partial charge in [0.05, 0.1) is 12.8 Å². The lowest BCUT2D eigenvalue weighted by Crippen LogP contribution is -2.03. The molecule has 0 aromatic carbocycles. The molecule has 86 valence electrons. The topological polar surface area (TPSA) is 118 Å². The first-order valence-corrected chi connectivity index (χ1v) is 3.88. The molecule has 2 N–H and O–H groups in total. The maximum atomic E-state index is 9.81. The third-order valence-electron chi connectivity index (χ3n) is 0.840. The van der Waals surface area contributed by atoms with Gasteiger partial charge in [0.15, 0.2) is 0 Å². The predicted molar refractivity (Wildman–Crippen MR) is 47.0 cm³/mol. The number of carboxylic acid groups (broad SMARTS) is 2. The van der Waals surface area contributed by atoms with Gasteiger partial charge in [0.25, 0.3) is 0 Å². The number of carbonyl (C=O) groups excluding carboxylic acids is 2. The van der Waals surface area contributed by atoms with Crippen LogP contribution in [0.3, 0.4) is 0 Å². The van der Waals surface area contributed by atoms with Crippen LogP contribution in [0.5, 0.6) is 0 Å². The minimum Gasteiger partial charge on any atom is -0.481 e. The molecule has 0 radical (unpaired) electrons. The van der Waals surface area contributed by atoms with Crippen molar-refractivity contribution in [2.75, 3.05) is 0 Å². The molecule has 0 atom stereocenters. The normalized spacial score (nSPS) is 8.13. The maximum Gasteiger partial charge on any atom is 0.310 e. The summed E-state index contributed by atoms with van der Waals surface area (Å²) in [7, 11) is 0. The Balaban J connectivity index is 0. The summed E-state index contributed by atoms with van der Waals surface area (Å²) < 4.78 is 3.97. The fraction of sp³-hybridized carbons (Fsp3) is 0.500. The van der Waals surface area contributed by atoms with Crippen LogP contribution in [-0.2, 0) is 23.9 Å². The highest BCUT2D eigenvalue weighted by atomic mass is 16.6. The molecule has 0 unspecified atom stereocenters. The van der Waals surface area contributed by atoms with Gasteiger partial charge in [-0.25, -0.2) is 0 Å². The van der Waals surface area contributed by atoms with Crippen LogP contribution < -0.4 is 0 Å². The summed E-state index contributed by atoms with van der Waals surface area (Å²) in [5, 5.41) is 15.8. The average molecular weight is 220 g/mol. The number of hydrogen-bond acceptors (Lipinski definition) is 5. The molecular formula is C8H12O7. The van der Waals surface area contributed by atoms with Gasteiger partial charge in [0.1, 0.15) is 0 Å². The van der Waals surface area contributed by atoms with Crippen molar-refractivity contribution in [2.24, 2.45) is 0 Å². The SMILES string of the molecule is CC(=O)OC(C)=O.O=C(O)CCC(=O)O. The molecule has 0 aliphatic carbocycles. The molecule has 0 heterocycles. The van der Waals surface area contributed by atoms with Crippen LogP contribution in [0.2, 0.25) is 0 Å². The molecule has 15 heavy (non-hydrogen) atoms. The molecule has 0 saturated carbocycles. The molecule has 0 spiro atoms. The fourth-order valence-electron chi connectivity index (χ4n) is 0.416. The number of ether oxygens (including phenoxy) is 1. The van der Waals surface area contributed by atoms with Crippen molar-refractivity contribution in [3.8, 4) is 0 Å². The van der Waals surface area contributed by atoms with Gasteiger partial charge >= 0.3 is 23.9 Å². The van der Waals surface area contributed by atoms with Gasteiger partial charge in [-0.1, -0.05) is 0 Å². The van der Waals surface area contributed by atoms with E-state index in [-0.39, 0.29) is 12.8 Å². The minimum absolute atomic E-state index is 0.296. The smallest absolute Gasteiger partial charge is 0.310 e. The minimum atomic E-state index is -1.08. The lowest BCUT2D eigenvalue weighted by molar-refractivity contribution is -0.156. The van der Waals surface area contributed by atoms with Gasteiger partial charge in [-0.3, -0.25) is 19.2 Å². The lowest BCUT2D eigenvalue weighted by Gasteiger charge is -1.87. The molecule has 0 fully saturated rings. The number of rotatable bonds is 3. The summed E-state index contributed by atoms with van der Waals surface area (Å²) >= 11 is 0. The Morgan fingerprint density at radius 1 is 0.867 bits per heavy atom. The van der Waals surface area contributed by atoms with Gasteiger partial charge in [-0.15, -0.1) is 0 Å². The zero-order valence-corrected chi connectivity index (χ0v) is 8.35. The highest BCUT2D eigenvalue weighted by Gasteiger charge is 2.00. The van der Waals surface area contributed by atoms with E-state index in [4.69, 9.17) is 10.2 Å². The Bertz CT molecular complexity index is 230. The molecule has 7 nitrogen and oxygen atoms in total. The lowest BCUT2D eigenvalue weighted by atomic mass is 10.3. The van der Waals surface area contributed by atoms with Crippen LogP contribution in [0.4, 0.5) is 0 Å². The summed E-state index contributed by atoms with van der Waals surface area (Å²) in [6.07, 6.45) is -0.593. The standard InChI is InChI=1S/C4H6O4.C4H6O3/c5-3(6)1-2-4(7)8;1-3(5)7-4(2)6/h1-2H2,(H,5,6)(H,7,8);1-2H3. The van der Waals surface area contributed by atoms with Gasteiger partial charge in [-0.2, -0.15) is 0 Å². The van der Waals surface area contributed by atoms with Crippen LogP contribution in [0.25, 0.3) is 0 Å². The second-order valence-corrected chi connectivity index (χ2v) is 2.37. The summed E-state index contributed by atoms with van der Waals surface area (Å²) in [6, 6.07) is 0. The molecule has 0 aromatic heterocycles. The number of hydrogen-bond donors (Lipinski definition) is 2. The number of esters is 2. The molecule has 0 amide bonds. The Kier molecular flexibility index (Phi) is 8.98. The van der Waals surface area contributed by atoms with E-state index < -0.39 is 23.9 Å². The summed E-state index contributed by atoms with van der Waals surface area (Å²) in [4.78, 5) is 38.9. The maximum absolute atomic E-state index is 9.81. The van der Waals surface area contributed by atoms with Crippen molar-refractivity contribution in [1.82, 2.24) is 0 Å². The van der Waals surface area contributed by atoms with Crippen molar-refractivity contribution in [3.05, 3.63) is 0 Å².